The molecule has 0 aromatic heterocycles. The van der Waals surface area contributed by atoms with E-state index in [-0.39, 0.29) is 18.5 Å². The summed E-state index contributed by atoms with van der Waals surface area (Å²) in [4.78, 5) is 24.6. The maximum Gasteiger partial charge on any atom is 0.305 e. The van der Waals surface area contributed by atoms with Gasteiger partial charge in [-0.2, -0.15) is 0 Å². The second-order valence-electron chi connectivity index (χ2n) is 25.3. The highest BCUT2D eigenvalue weighted by Crippen LogP contribution is 2.19. The van der Waals surface area contributed by atoms with Crippen molar-refractivity contribution >= 4 is 11.9 Å². The third kappa shape index (κ3) is 65.6. The summed E-state index contributed by atoms with van der Waals surface area (Å²) in [5, 5.41) is 23.4. The number of carbonyl (C=O) groups is 2. The smallest absolute Gasteiger partial charge is 0.305 e. The molecule has 0 rings (SSSR count). The Bertz CT molecular complexity index is 1190. The first-order chi connectivity index (χ1) is 39.0. The highest BCUT2D eigenvalue weighted by atomic mass is 16.5. The van der Waals surface area contributed by atoms with Gasteiger partial charge < -0.3 is 20.3 Å². The summed E-state index contributed by atoms with van der Waals surface area (Å²) in [7, 11) is 0. The molecule has 6 nitrogen and oxygen atoms in total. The molecule has 6 heteroatoms. The van der Waals surface area contributed by atoms with E-state index in [2.05, 4.69) is 31.3 Å². The molecule has 2 atom stereocenters. The lowest BCUT2D eigenvalue weighted by Crippen LogP contribution is -2.45. The number of ether oxygens (including phenoxy) is 1. The predicted octanol–water partition coefficient (Wildman–Crippen LogP) is 23.5. The lowest BCUT2D eigenvalue weighted by atomic mass is 10.0. The number of carbonyl (C=O) groups excluding carboxylic acids is 2. The van der Waals surface area contributed by atoms with Crippen molar-refractivity contribution in [1.82, 2.24) is 5.32 Å². The fourth-order valence-corrected chi connectivity index (χ4v) is 11.8. The van der Waals surface area contributed by atoms with Crippen LogP contribution in [0.2, 0.25) is 0 Å². The number of esters is 1. The van der Waals surface area contributed by atoms with E-state index in [0.717, 1.165) is 38.5 Å². The first kappa shape index (κ1) is 77.6. The summed E-state index contributed by atoms with van der Waals surface area (Å²) < 4.78 is 5.50. The van der Waals surface area contributed by atoms with E-state index in [1.807, 2.05) is 0 Å². The molecule has 3 N–H and O–H groups in total. The van der Waals surface area contributed by atoms with Crippen molar-refractivity contribution in [2.75, 3.05) is 13.2 Å². The van der Waals surface area contributed by atoms with Gasteiger partial charge in [-0.25, -0.2) is 0 Å². The van der Waals surface area contributed by atoms with Gasteiger partial charge in [0.15, 0.2) is 0 Å². The highest BCUT2D eigenvalue weighted by molar-refractivity contribution is 5.76. The van der Waals surface area contributed by atoms with Gasteiger partial charge >= 0.3 is 5.97 Å². The normalized spacial score (nSPS) is 12.5. The van der Waals surface area contributed by atoms with Crippen molar-refractivity contribution in [2.45, 2.75) is 431 Å². The number of nitrogens with one attached hydrogen (secondary N) is 1. The molecule has 0 aromatic rings. The van der Waals surface area contributed by atoms with Gasteiger partial charge in [-0.05, 0) is 51.4 Å². The van der Waals surface area contributed by atoms with Crippen LogP contribution in [-0.4, -0.2) is 47.4 Å². The van der Waals surface area contributed by atoms with E-state index in [0.29, 0.717) is 25.9 Å². The third-order valence-corrected chi connectivity index (χ3v) is 17.3. The average molecular weight is 1110 g/mol. The Morgan fingerprint density at radius 1 is 0.342 bits per heavy atom. The zero-order valence-electron chi connectivity index (χ0n) is 53.9. The van der Waals surface area contributed by atoms with E-state index >= 15 is 0 Å². The zero-order valence-corrected chi connectivity index (χ0v) is 53.9. The molecular weight excluding hydrogens is 971 g/mol. The number of amides is 1. The van der Waals surface area contributed by atoms with Gasteiger partial charge in [0.25, 0.3) is 0 Å². The van der Waals surface area contributed by atoms with Gasteiger partial charge in [0, 0.05) is 12.8 Å². The Morgan fingerprint density at radius 2 is 0.595 bits per heavy atom. The molecule has 0 spiro atoms. The van der Waals surface area contributed by atoms with Crippen LogP contribution in [0.25, 0.3) is 0 Å². The van der Waals surface area contributed by atoms with Gasteiger partial charge in [-0.3, -0.25) is 9.59 Å². The molecule has 0 saturated heterocycles. The number of unbranched alkanes of at least 4 members (excludes halogenated alkanes) is 56. The molecule has 0 aliphatic rings. The van der Waals surface area contributed by atoms with Crippen molar-refractivity contribution in [3.05, 3.63) is 12.2 Å². The minimum Gasteiger partial charge on any atom is -0.466 e. The molecule has 0 bridgehead atoms. The third-order valence-electron chi connectivity index (χ3n) is 17.3. The summed E-state index contributed by atoms with van der Waals surface area (Å²) in [6, 6.07) is -0.539. The molecule has 0 heterocycles. The monoisotopic (exact) mass is 1110 g/mol. The summed E-state index contributed by atoms with van der Waals surface area (Å²) in [5.41, 5.74) is 0. The molecule has 0 aromatic carbocycles. The van der Waals surface area contributed by atoms with E-state index in [9.17, 15) is 19.8 Å². The lowest BCUT2D eigenvalue weighted by molar-refractivity contribution is -0.143. The molecule has 2 unspecified atom stereocenters. The standard InChI is InChI=1S/C73H143NO5/c1-3-5-7-9-11-13-15-17-19-38-41-45-49-53-57-61-65-71(76)70(69-75)74-72(77)66-62-58-54-50-46-42-39-36-34-32-30-28-26-24-22-20-21-23-25-27-29-31-33-35-37-40-44-48-52-56-60-64-68-79-73(78)67-63-59-55-51-47-43-18-16-14-12-10-8-6-4-2/h23,25,70-71,75-76H,3-22,24,26-69H2,1-2H3,(H,74,77)/b25-23-. The zero-order chi connectivity index (χ0) is 57.1. The maximum atomic E-state index is 12.5. The summed E-state index contributed by atoms with van der Waals surface area (Å²) in [5.74, 6) is -0.00703. The summed E-state index contributed by atoms with van der Waals surface area (Å²) in [6.07, 6.45) is 85.6. The van der Waals surface area contributed by atoms with Crippen LogP contribution >= 0.6 is 0 Å². The Morgan fingerprint density at radius 3 is 0.899 bits per heavy atom. The quantitative estimate of drug-likeness (QED) is 0.0320. The molecular formula is C73H143NO5. The number of allylic oxidation sites excluding steroid dienone is 2. The SMILES string of the molecule is CCCCCCCCCCCCCCCCCCC(O)C(CO)NC(=O)CCCCCCCCCCCCCCCCCC/C=C\CCCCCCCCCCCCCCOC(=O)CCCCCCCCCCCCCCCC. The van der Waals surface area contributed by atoms with E-state index in [4.69, 9.17) is 4.74 Å². The van der Waals surface area contributed by atoms with Crippen LogP contribution in [0, 0.1) is 0 Å². The van der Waals surface area contributed by atoms with Crippen LogP contribution in [0.3, 0.4) is 0 Å². The largest absolute Gasteiger partial charge is 0.466 e. The maximum absolute atomic E-state index is 12.5. The summed E-state index contributed by atoms with van der Waals surface area (Å²) in [6.45, 7) is 5.00. The van der Waals surface area contributed by atoms with Crippen LogP contribution in [-0.2, 0) is 14.3 Å². The average Bonchev–Trinajstić information content (AvgIpc) is 3.45. The fourth-order valence-electron chi connectivity index (χ4n) is 11.8. The number of rotatable bonds is 69. The number of aliphatic hydroxyl groups excluding tert-OH is 2. The van der Waals surface area contributed by atoms with Crippen LogP contribution in [0.4, 0.5) is 0 Å². The van der Waals surface area contributed by atoms with Crippen LogP contribution in [0.1, 0.15) is 418 Å². The van der Waals surface area contributed by atoms with E-state index < -0.39 is 12.1 Å². The first-order valence-corrected chi connectivity index (χ1v) is 36.4. The second-order valence-corrected chi connectivity index (χ2v) is 25.3. The van der Waals surface area contributed by atoms with Gasteiger partial charge in [0.05, 0.1) is 25.4 Å². The Kier molecular flexibility index (Phi) is 67.9. The Balaban J connectivity index is 3.34. The number of hydrogen-bond acceptors (Lipinski definition) is 5. The van der Waals surface area contributed by atoms with Crippen LogP contribution in [0.5, 0.6) is 0 Å². The molecule has 470 valence electrons. The van der Waals surface area contributed by atoms with Crippen LogP contribution in [0.15, 0.2) is 12.2 Å². The van der Waals surface area contributed by atoms with E-state index in [1.165, 1.54) is 347 Å². The molecule has 0 aliphatic heterocycles. The van der Waals surface area contributed by atoms with Crippen LogP contribution < -0.4 is 5.32 Å². The molecule has 1 amide bonds. The molecule has 0 aliphatic carbocycles. The minimum atomic E-state index is -0.662. The molecule has 0 fully saturated rings. The topological polar surface area (TPSA) is 95.9 Å². The highest BCUT2D eigenvalue weighted by Gasteiger charge is 2.20. The van der Waals surface area contributed by atoms with Gasteiger partial charge in [-0.1, -0.05) is 366 Å². The molecule has 79 heavy (non-hydrogen) atoms. The van der Waals surface area contributed by atoms with Crippen molar-refractivity contribution in [3.63, 3.8) is 0 Å². The second kappa shape index (κ2) is 69.1. The van der Waals surface area contributed by atoms with Gasteiger partial charge in [-0.15, -0.1) is 0 Å². The van der Waals surface area contributed by atoms with Crippen molar-refractivity contribution in [2.24, 2.45) is 0 Å². The first-order valence-electron chi connectivity index (χ1n) is 36.4. The summed E-state index contributed by atoms with van der Waals surface area (Å²) >= 11 is 0. The predicted molar refractivity (Wildman–Crippen MR) is 347 cm³/mol. The minimum absolute atomic E-state index is 0.0214. The number of hydrogen-bond donors (Lipinski definition) is 3. The molecule has 0 radical (unpaired) electrons. The Labute approximate surface area is 495 Å². The van der Waals surface area contributed by atoms with Gasteiger partial charge in [0.1, 0.15) is 0 Å². The fraction of sp³-hybridized carbons (Fsp3) is 0.945. The van der Waals surface area contributed by atoms with Gasteiger partial charge in [0.2, 0.25) is 5.91 Å². The molecule has 0 saturated carbocycles. The Hall–Kier alpha value is -1.40. The van der Waals surface area contributed by atoms with Crippen molar-refractivity contribution < 1.29 is 24.5 Å². The van der Waals surface area contributed by atoms with E-state index in [1.54, 1.807) is 0 Å². The number of aliphatic hydroxyl groups is 2. The van der Waals surface area contributed by atoms with Crippen molar-refractivity contribution in [3.8, 4) is 0 Å². The lowest BCUT2D eigenvalue weighted by Gasteiger charge is -2.22. The van der Waals surface area contributed by atoms with Crippen molar-refractivity contribution in [1.29, 1.82) is 0 Å².